The first-order valence-electron chi connectivity index (χ1n) is 4.86. The molecule has 0 aromatic heterocycles. The fourth-order valence-electron chi connectivity index (χ4n) is 1.33. The Labute approximate surface area is 89.9 Å². The van der Waals surface area contributed by atoms with Crippen LogP contribution in [-0.2, 0) is 9.78 Å². The van der Waals surface area contributed by atoms with Crippen molar-refractivity contribution < 1.29 is 14.6 Å². The second-order valence-corrected chi connectivity index (χ2v) is 3.31. The molecule has 1 aromatic rings. The summed E-state index contributed by atoms with van der Waals surface area (Å²) < 4.78 is 0. The molecule has 0 spiro atoms. The molecule has 0 atom stereocenters. The van der Waals surface area contributed by atoms with Crippen LogP contribution in [0.5, 0.6) is 0 Å². The van der Waals surface area contributed by atoms with Crippen LogP contribution in [0.1, 0.15) is 27.9 Å². The minimum Gasteiger partial charge on any atom is -0.293 e. The summed E-state index contributed by atoms with van der Waals surface area (Å²) in [5, 5.41) is 0. The van der Waals surface area contributed by atoms with Crippen molar-refractivity contribution in [2.45, 2.75) is 20.3 Å². The molecule has 0 bridgehead atoms. The molecule has 1 radical (unpaired) electrons. The molecule has 0 N–H and O–H groups in total. The van der Waals surface area contributed by atoms with E-state index in [1.807, 2.05) is 32.0 Å². The smallest absolute Gasteiger partial charge is 0.293 e. The minimum atomic E-state index is -0.445. The van der Waals surface area contributed by atoms with Gasteiger partial charge in [-0.1, -0.05) is 25.1 Å². The third kappa shape index (κ3) is 3.06. The van der Waals surface area contributed by atoms with Crippen LogP contribution in [0.2, 0.25) is 0 Å². The highest BCUT2D eigenvalue weighted by Crippen LogP contribution is 2.14. The Hall–Kier alpha value is -1.35. The number of hydrogen-bond donors (Lipinski definition) is 0. The van der Waals surface area contributed by atoms with Crippen molar-refractivity contribution in [2.24, 2.45) is 0 Å². The monoisotopic (exact) mass is 207 g/mol. The van der Waals surface area contributed by atoms with Crippen molar-refractivity contribution in [2.75, 3.05) is 6.61 Å². The number of benzene rings is 1. The van der Waals surface area contributed by atoms with E-state index in [9.17, 15) is 4.79 Å². The Morgan fingerprint density at radius 2 is 1.93 bits per heavy atom. The van der Waals surface area contributed by atoms with Crippen molar-refractivity contribution >= 4 is 5.97 Å². The van der Waals surface area contributed by atoms with Gasteiger partial charge < -0.3 is 0 Å². The number of aryl methyl sites for hydroxylation is 2. The van der Waals surface area contributed by atoms with Gasteiger partial charge in [0.1, 0.15) is 0 Å². The molecule has 0 aliphatic carbocycles. The van der Waals surface area contributed by atoms with Gasteiger partial charge in [-0.15, -0.1) is 0 Å². The average molecular weight is 207 g/mol. The molecule has 15 heavy (non-hydrogen) atoms. The largest absolute Gasteiger partial charge is 0.373 e. The van der Waals surface area contributed by atoms with E-state index in [0.29, 0.717) is 18.6 Å². The van der Waals surface area contributed by atoms with Crippen LogP contribution in [0.3, 0.4) is 0 Å². The number of carbonyl (C=O) groups excluding carboxylic acids is 1. The Balaban J connectivity index is 2.73. The van der Waals surface area contributed by atoms with Crippen molar-refractivity contribution in [1.82, 2.24) is 0 Å². The lowest BCUT2D eigenvalue weighted by Gasteiger charge is -2.07. The summed E-state index contributed by atoms with van der Waals surface area (Å²) in [4.78, 5) is 20.9. The van der Waals surface area contributed by atoms with E-state index < -0.39 is 5.97 Å². The molecule has 0 amide bonds. The molecule has 0 fully saturated rings. The maximum atomic E-state index is 11.6. The third-order valence-electron chi connectivity index (χ3n) is 2.05. The quantitative estimate of drug-likeness (QED) is 0.432. The highest BCUT2D eigenvalue weighted by molar-refractivity contribution is 5.92. The topological polar surface area (TPSA) is 35.5 Å². The first-order chi connectivity index (χ1) is 7.16. The van der Waals surface area contributed by atoms with E-state index in [1.165, 1.54) is 0 Å². The summed E-state index contributed by atoms with van der Waals surface area (Å²) in [6.45, 7) is 7.62. The maximum Gasteiger partial charge on any atom is 0.373 e. The predicted molar refractivity (Wildman–Crippen MR) is 57.3 cm³/mol. The van der Waals surface area contributed by atoms with Gasteiger partial charge in [0.2, 0.25) is 0 Å². The Morgan fingerprint density at radius 1 is 1.33 bits per heavy atom. The molecule has 1 aromatic carbocycles. The summed E-state index contributed by atoms with van der Waals surface area (Å²) in [6, 6.07) is 5.63. The van der Waals surface area contributed by atoms with Gasteiger partial charge in [0.15, 0.2) is 0 Å². The highest BCUT2D eigenvalue weighted by atomic mass is 17.2. The van der Waals surface area contributed by atoms with Crippen LogP contribution in [0.15, 0.2) is 18.2 Å². The average Bonchev–Trinajstić information content (AvgIpc) is 2.18. The van der Waals surface area contributed by atoms with Crippen molar-refractivity contribution in [3.63, 3.8) is 0 Å². The Kier molecular flexibility index (Phi) is 4.31. The van der Waals surface area contributed by atoms with Crippen molar-refractivity contribution in [1.29, 1.82) is 0 Å². The summed E-state index contributed by atoms with van der Waals surface area (Å²) in [5.74, 6) is -0.445. The number of hydrogen-bond acceptors (Lipinski definition) is 3. The van der Waals surface area contributed by atoms with Crippen molar-refractivity contribution in [3.05, 3.63) is 41.8 Å². The van der Waals surface area contributed by atoms with Crippen LogP contribution >= 0.6 is 0 Å². The van der Waals surface area contributed by atoms with E-state index >= 15 is 0 Å². The van der Waals surface area contributed by atoms with E-state index in [-0.39, 0.29) is 0 Å². The standard InChI is InChI=1S/C12H15O3/c1-4-8-14-15-12(13)11-9(2)6-5-7-10(11)3/h5-7H,1,4,8H2,2-3H3. The Morgan fingerprint density at radius 3 is 2.47 bits per heavy atom. The molecule has 0 heterocycles. The first kappa shape index (κ1) is 11.7. The lowest BCUT2D eigenvalue weighted by molar-refractivity contribution is -0.239. The normalized spacial score (nSPS) is 10.1. The van der Waals surface area contributed by atoms with Gasteiger partial charge in [-0.05, 0) is 31.4 Å². The molecule has 3 nitrogen and oxygen atoms in total. The number of carbonyl (C=O) groups is 1. The molecular weight excluding hydrogens is 192 g/mol. The molecule has 0 aliphatic rings. The van der Waals surface area contributed by atoms with Crippen LogP contribution in [0, 0.1) is 20.8 Å². The molecular formula is C12H15O3. The zero-order chi connectivity index (χ0) is 11.3. The van der Waals surface area contributed by atoms with Gasteiger partial charge >= 0.3 is 5.97 Å². The van der Waals surface area contributed by atoms with Gasteiger partial charge in [-0.25, -0.2) is 4.79 Å². The van der Waals surface area contributed by atoms with Crippen molar-refractivity contribution in [3.8, 4) is 0 Å². The van der Waals surface area contributed by atoms with Crippen LogP contribution < -0.4 is 0 Å². The van der Waals surface area contributed by atoms with Gasteiger partial charge in [0, 0.05) is 0 Å². The van der Waals surface area contributed by atoms with E-state index in [2.05, 4.69) is 11.8 Å². The molecule has 3 heteroatoms. The zero-order valence-corrected chi connectivity index (χ0v) is 9.08. The molecule has 0 aliphatic heterocycles. The van der Waals surface area contributed by atoms with E-state index in [0.717, 1.165) is 11.1 Å². The molecule has 81 valence electrons. The molecule has 0 saturated heterocycles. The molecule has 0 saturated carbocycles. The van der Waals surface area contributed by atoms with Crippen LogP contribution in [0.25, 0.3) is 0 Å². The SMILES string of the molecule is [CH2]CCOOC(=O)c1c(C)cccc1C. The fourth-order valence-corrected chi connectivity index (χ4v) is 1.33. The lowest BCUT2D eigenvalue weighted by atomic mass is 10.0. The Bertz CT molecular complexity index is 324. The second-order valence-electron chi connectivity index (χ2n) is 3.31. The summed E-state index contributed by atoms with van der Waals surface area (Å²) in [5.41, 5.74) is 2.35. The number of rotatable bonds is 4. The van der Waals surface area contributed by atoms with E-state index in [4.69, 9.17) is 4.89 Å². The maximum absolute atomic E-state index is 11.6. The van der Waals surface area contributed by atoms with Gasteiger partial charge in [-0.2, -0.15) is 4.89 Å². The fraction of sp³-hybridized carbons (Fsp3) is 0.333. The van der Waals surface area contributed by atoms with Gasteiger partial charge in [-0.3, -0.25) is 4.89 Å². The van der Waals surface area contributed by atoms with Crippen LogP contribution in [0.4, 0.5) is 0 Å². The molecule has 0 unspecified atom stereocenters. The summed E-state index contributed by atoms with van der Waals surface area (Å²) in [7, 11) is 0. The minimum absolute atomic E-state index is 0.316. The summed E-state index contributed by atoms with van der Waals surface area (Å²) >= 11 is 0. The lowest BCUT2D eigenvalue weighted by Crippen LogP contribution is -2.10. The van der Waals surface area contributed by atoms with Gasteiger partial charge in [0.25, 0.3) is 0 Å². The molecule has 1 rings (SSSR count). The summed E-state index contributed by atoms with van der Waals surface area (Å²) in [6.07, 6.45) is 0.569. The zero-order valence-electron chi connectivity index (χ0n) is 9.08. The van der Waals surface area contributed by atoms with E-state index in [1.54, 1.807) is 0 Å². The highest BCUT2D eigenvalue weighted by Gasteiger charge is 2.13. The third-order valence-corrected chi connectivity index (χ3v) is 2.05. The second kappa shape index (κ2) is 5.51. The van der Waals surface area contributed by atoms with Gasteiger partial charge in [0.05, 0.1) is 12.2 Å². The van der Waals surface area contributed by atoms with Crippen LogP contribution in [-0.4, -0.2) is 12.6 Å². The predicted octanol–water partition coefficient (Wildman–Crippen LogP) is 2.62. The first-order valence-corrected chi connectivity index (χ1v) is 4.86.